The molecule has 0 amide bonds. The number of carbonyl (C=O) groups is 1. The first kappa shape index (κ1) is 17.9. The molecule has 0 spiro atoms. The molecule has 2 aromatic carbocycles. The minimum absolute atomic E-state index is 0.265. The molecule has 128 valence electrons. The van der Waals surface area contributed by atoms with Crippen molar-refractivity contribution in [3.63, 3.8) is 0 Å². The molecule has 0 bridgehead atoms. The first-order chi connectivity index (χ1) is 11.5. The Balaban J connectivity index is 2.04. The predicted octanol–water partition coefficient (Wildman–Crippen LogP) is 4.74. The van der Waals surface area contributed by atoms with Gasteiger partial charge in [-0.25, -0.2) is 4.79 Å². The Hall–Kier alpha value is -2.40. The van der Waals surface area contributed by atoms with E-state index in [0.717, 1.165) is 11.4 Å². The second-order valence-corrected chi connectivity index (χ2v) is 5.39. The van der Waals surface area contributed by atoms with Crippen molar-refractivity contribution in [2.75, 3.05) is 18.6 Å². The smallest absolute Gasteiger partial charge is 0.497 e. The quantitative estimate of drug-likeness (QED) is 0.428. The Bertz CT molecular complexity index is 692. The lowest BCUT2D eigenvalue weighted by atomic mass is 10.2. The zero-order valence-corrected chi connectivity index (χ0v) is 14.6. The van der Waals surface area contributed by atoms with E-state index in [4.69, 9.17) is 25.8 Å². The first-order valence-electron chi connectivity index (χ1n) is 7.58. The monoisotopic (exact) mass is 349 g/mol. The summed E-state index contributed by atoms with van der Waals surface area (Å²) >= 11 is 5.97. The van der Waals surface area contributed by atoms with Crippen LogP contribution in [0.1, 0.15) is 13.8 Å². The van der Waals surface area contributed by atoms with E-state index in [9.17, 15) is 4.79 Å². The van der Waals surface area contributed by atoms with Crippen molar-refractivity contribution in [2.45, 2.75) is 20.1 Å². The number of nitrogens with zero attached hydrogens (tertiary/aromatic N) is 1. The summed E-state index contributed by atoms with van der Waals surface area (Å²) in [7, 11) is 1.61. The van der Waals surface area contributed by atoms with Gasteiger partial charge in [-0.2, -0.15) is 0 Å². The number of methoxy groups -OCH3 is 1. The van der Waals surface area contributed by atoms with E-state index in [2.05, 4.69) is 0 Å². The molecule has 5 nitrogen and oxygen atoms in total. The number of para-hydroxylation sites is 1. The summed E-state index contributed by atoms with van der Waals surface area (Å²) in [5.41, 5.74) is 0.884. The Morgan fingerprint density at radius 1 is 1.21 bits per heavy atom. The highest BCUT2D eigenvalue weighted by atomic mass is 35.5. The van der Waals surface area contributed by atoms with Gasteiger partial charge in [-0.3, -0.25) is 0 Å². The van der Waals surface area contributed by atoms with Crippen LogP contribution in [0.4, 0.5) is 10.5 Å². The molecule has 0 aliphatic carbocycles. The van der Waals surface area contributed by atoms with Crippen LogP contribution in [0.2, 0.25) is 5.02 Å². The minimum Gasteiger partial charge on any atom is -0.497 e. The van der Waals surface area contributed by atoms with E-state index in [-0.39, 0.29) is 5.75 Å². The summed E-state index contributed by atoms with van der Waals surface area (Å²) in [5, 5.41) is 0.349. The Labute approximate surface area is 146 Å². The highest BCUT2D eigenvalue weighted by Gasteiger charge is 2.19. The number of halogens is 1. The fourth-order valence-electron chi connectivity index (χ4n) is 2.28. The number of anilines is 1. The van der Waals surface area contributed by atoms with Gasteiger partial charge in [-0.15, -0.1) is 0 Å². The molecule has 0 N–H and O–H groups in total. The summed E-state index contributed by atoms with van der Waals surface area (Å²) in [6.45, 7) is 4.39. The number of rotatable bonds is 6. The molecule has 2 rings (SSSR count). The summed E-state index contributed by atoms with van der Waals surface area (Å²) < 4.78 is 15.7. The average Bonchev–Trinajstić information content (AvgIpc) is 2.57. The van der Waals surface area contributed by atoms with Crippen LogP contribution in [0.15, 0.2) is 48.5 Å². The van der Waals surface area contributed by atoms with Crippen molar-refractivity contribution in [3.8, 4) is 11.5 Å². The number of carbonyl (C=O) groups excluding carboxylic acids is 1. The molecule has 24 heavy (non-hydrogen) atoms. The van der Waals surface area contributed by atoms with Crippen molar-refractivity contribution < 1.29 is 19.0 Å². The van der Waals surface area contributed by atoms with Crippen LogP contribution in [0.3, 0.4) is 0 Å². The van der Waals surface area contributed by atoms with Gasteiger partial charge >= 0.3 is 6.16 Å². The summed E-state index contributed by atoms with van der Waals surface area (Å²) in [6, 6.07) is 14.3. The number of benzene rings is 2. The molecule has 1 unspecified atom stereocenters. The van der Waals surface area contributed by atoms with Crippen LogP contribution in [0.25, 0.3) is 0 Å². The maximum absolute atomic E-state index is 12.0. The van der Waals surface area contributed by atoms with E-state index in [1.807, 2.05) is 36.1 Å². The van der Waals surface area contributed by atoms with Crippen molar-refractivity contribution in [1.29, 1.82) is 0 Å². The van der Waals surface area contributed by atoms with E-state index in [1.54, 1.807) is 38.3 Å². The standard InChI is InChI=1S/C18H20ClNO4/c1-4-20(14-8-7-9-15(12-14)22-3)13(2)23-18(21)24-17-11-6-5-10-16(17)19/h5-13H,4H2,1-3H3. The SMILES string of the molecule is CCN(c1cccc(OC)c1)C(C)OC(=O)Oc1ccccc1Cl. The molecular formula is C18H20ClNO4. The van der Waals surface area contributed by atoms with Gasteiger partial charge in [0.05, 0.1) is 12.1 Å². The van der Waals surface area contributed by atoms with Crippen molar-refractivity contribution >= 4 is 23.4 Å². The van der Waals surface area contributed by atoms with E-state index in [0.29, 0.717) is 11.6 Å². The van der Waals surface area contributed by atoms with Gasteiger partial charge in [0.1, 0.15) is 5.75 Å². The number of hydrogen-bond donors (Lipinski definition) is 0. The lowest BCUT2D eigenvalue weighted by Crippen LogP contribution is -2.37. The third-order valence-electron chi connectivity index (χ3n) is 3.46. The minimum atomic E-state index is -0.808. The second-order valence-electron chi connectivity index (χ2n) is 4.99. The number of hydrogen-bond acceptors (Lipinski definition) is 5. The molecule has 0 saturated heterocycles. The van der Waals surface area contributed by atoms with Crippen molar-refractivity contribution in [3.05, 3.63) is 53.6 Å². The highest BCUT2D eigenvalue weighted by Crippen LogP contribution is 2.25. The largest absolute Gasteiger partial charge is 0.515 e. The van der Waals surface area contributed by atoms with Crippen molar-refractivity contribution in [1.82, 2.24) is 0 Å². The van der Waals surface area contributed by atoms with Gasteiger partial charge < -0.3 is 19.1 Å². The van der Waals surface area contributed by atoms with Crippen LogP contribution in [0.5, 0.6) is 11.5 Å². The zero-order chi connectivity index (χ0) is 17.5. The molecule has 0 heterocycles. The molecule has 0 radical (unpaired) electrons. The molecule has 6 heteroatoms. The molecule has 0 saturated carbocycles. The molecule has 0 aliphatic heterocycles. The molecular weight excluding hydrogens is 330 g/mol. The van der Waals surface area contributed by atoms with Gasteiger partial charge in [0.25, 0.3) is 0 Å². The predicted molar refractivity (Wildman–Crippen MR) is 94.0 cm³/mol. The Kier molecular flexibility index (Phi) is 6.32. The first-order valence-corrected chi connectivity index (χ1v) is 7.96. The lowest BCUT2D eigenvalue weighted by Gasteiger charge is -2.29. The third kappa shape index (κ3) is 4.55. The zero-order valence-electron chi connectivity index (χ0n) is 13.9. The fraction of sp³-hybridized carbons (Fsp3) is 0.278. The lowest BCUT2D eigenvalue weighted by molar-refractivity contribution is 0.0645. The van der Waals surface area contributed by atoms with Gasteiger partial charge in [-0.1, -0.05) is 29.8 Å². The van der Waals surface area contributed by atoms with Crippen molar-refractivity contribution in [2.24, 2.45) is 0 Å². The van der Waals surface area contributed by atoms with Crippen LogP contribution in [0, 0.1) is 0 Å². The second kappa shape index (κ2) is 8.45. The molecule has 0 fully saturated rings. The summed E-state index contributed by atoms with van der Waals surface area (Å²) in [6.07, 6.45) is -1.32. The topological polar surface area (TPSA) is 48.0 Å². The normalized spacial score (nSPS) is 11.5. The van der Waals surface area contributed by atoms with Gasteiger partial charge in [0, 0.05) is 18.3 Å². The average molecular weight is 350 g/mol. The van der Waals surface area contributed by atoms with Crippen LogP contribution in [-0.4, -0.2) is 26.0 Å². The number of ether oxygens (including phenoxy) is 3. The van der Waals surface area contributed by atoms with E-state index < -0.39 is 12.4 Å². The molecule has 0 aromatic heterocycles. The Morgan fingerprint density at radius 3 is 2.62 bits per heavy atom. The van der Waals surface area contributed by atoms with E-state index in [1.165, 1.54) is 0 Å². The summed E-state index contributed by atoms with van der Waals surface area (Å²) in [4.78, 5) is 13.9. The van der Waals surface area contributed by atoms with Crippen LogP contribution < -0.4 is 14.4 Å². The maximum atomic E-state index is 12.0. The van der Waals surface area contributed by atoms with Crippen LogP contribution in [-0.2, 0) is 4.74 Å². The van der Waals surface area contributed by atoms with Gasteiger partial charge in [0.2, 0.25) is 0 Å². The Morgan fingerprint density at radius 2 is 1.96 bits per heavy atom. The fourth-order valence-corrected chi connectivity index (χ4v) is 2.46. The van der Waals surface area contributed by atoms with E-state index >= 15 is 0 Å². The van der Waals surface area contributed by atoms with Gasteiger partial charge in [-0.05, 0) is 38.1 Å². The molecule has 1 atom stereocenters. The molecule has 0 aliphatic rings. The molecule has 2 aromatic rings. The highest BCUT2D eigenvalue weighted by molar-refractivity contribution is 6.32. The maximum Gasteiger partial charge on any atom is 0.515 e. The summed E-state index contributed by atoms with van der Waals surface area (Å²) in [5.74, 6) is 0.998. The van der Waals surface area contributed by atoms with Gasteiger partial charge in [0.15, 0.2) is 12.0 Å². The third-order valence-corrected chi connectivity index (χ3v) is 3.77. The van der Waals surface area contributed by atoms with Crippen LogP contribution >= 0.6 is 11.6 Å².